The zero-order valence-electron chi connectivity index (χ0n) is 12.2. The maximum atomic E-state index is 12.1. The Morgan fingerprint density at radius 2 is 2.00 bits per heavy atom. The summed E-state index contributed by atoms with van der Waals surface area (Å²) < 4.78 is 0.874. The van der Waals surface area contributed by atoms with Gasteiger partial charge in [0, 0.05) is 30.3 Å². The number of amides is 1. The summed E-state index contributed by atoms with van der Waals surface area (Å²) in [6.45, 7) is 2.15. The van der Waals surface area contributed by atoms with Gasteiger partial charge in [0.05, 0.1) is 6.54 Å². The van der Waals surface area contributed by atoms with E-state index in [1.165, 1.54) is 0 Å². The molecule has 0 fully saturated rings. The first-order valence-electron chi connectivity index (χ1n) is 7.05. The van der Waals surface area contributed by atoms with E-state index in [1.807, 2.05) is 41.3 Å². The van der Waals surface area contributed by atoms with E-state index in [2.05, 4.69) is 26.2 Å². The molecule has 0 atom stereocenters. The smallest absolute Gasteiger partial charge is 0.239 e. The van der Waals surface area contributed by atoms with Crippen molar-refractivity contribution in [3.8, 4) is 0 Å². The molecule has 3 N–H and O–H groups in total. The molecule has 0 spiro atoms. The summed E-state index contributed by atoms with van der Waals surface area (Å²) in [5.41, 5.74) is 6.79. The molecule has 0 aliphatic rings. The highest BCUT2D eigenvalue weighted by molar-refractivity contribution is 9.10. The van der Waals surface area contributed by atoms with Gasteiger partial charge < -0.3 is 11.1 Å². The molecule has 2 rings (SSSR count). The molecule has 1 amide bonds. The third-order valence-corrected chi connectivity index (χ3v) is 3.53. The molecule has 5 nitrogen and oxygen atoms in total. The number of rotatable bonds is 7. The van der Waals surface area contributed by atoms with E-state index in [9.17, 15) is 4.79 Å². The van der Waals surface area contributed by atoms with Gasteiger partial charge in [-0.1, -0.05) is 30.3 Å². The van der Waals surface area contributed by atoms with Crippen molar-refractivity contribution in [1.82, 2.24) is 9.88 Å². The molecule has 0 unspecified atom stereocenters. The van der Waals surface area contributed by atoms with E-state index < -0.39 is 0 Å². The molecule has 6 heteroatoms. The SMILES string of the molecule is NCCN(CC(=O)Nc1ccc(Br)cn1)Cc1ccccc1. The minimum Gasteiger partial charge on any atom is -0.329 e. The van der Waals surface area contributed by atoms with Crippen molar-refractivity contribution < 1.29 is 4.79 Å². The fourth-order valence-electron chi connectivity index (χ4n) is 2.07. The van der Waals surface area contributed by atoms with Crippen LogP contribution in [-0.4, -0.2) is 35.4 Å². The van der Waals surface area contributed by atoms with Gasteiger partial charge >= 0.3 is 0 Å². The topological polar surface area (TPSA) is 71.2 Å². The molecule has 0 radical (unpaired) electrons. The van der Waals surface area contributed by atoms with Gasteiger partial charge in [0.2, 0.25) is 5.91 Å². The van der Waals surface area contributed by atoms with Crippen molar-refractivity contribution in [3.05, 3.63) is 58.7 Å². The molecule has 0 saturated heterocycles. The molecular weight excluding hydrogens is 344 g/mol. The first-order chi connectivity index (χ1) is 10.7. The number of anilines is 1. The van der Waals surface area contributed by atoms with Crippen molar-refractivity contribution in [2.75, 3.05) is 25.0 Å². The van der Waals surface area contributed by atoms with Gasteiger partial charge in [-0.05, 0) is 33.6 Å². The predicted octanol–water partition coefficient (Wildman–Crippen LogP) is 2.24. The molecule has 1 heterocycles. The number of carbonyl (C=O) groups is 1. The van der Waals surface area contributed by atoms with Crippen molar-refractivity contribution in [1.29, 1.82) is 0 Å². The van der Waals surface area contributed by atoms with Gasteiger partial charge in [0.1, 0.15) is 5.82 Å². The standard InChI is InChI=1S/C16H19BrN4O/c17-14-6-7-15(19-10-14)20-16(22)12-21(9-8-18)11-13-4-2-1-3-5-13/h1-7,10H,8-9,11-12,18H2,(H,19,20,22). The van der Waals surface area contributed by atoms with Gasteiger partial charge in [-0.2, -0.15) is 0 Å². The normalized spacial score (nSPS) is 10.7. The molecule has 1 aromatic heterocycles. The van der Waals surface area contributed by atoms with Crippen LogP contribution in [0.3, 0.4) is 0 Å². The summed E-state index contributed by atoms with van der Waals surface area (Å²) >= 11 is 3.31. The molecule has 0 aliphatic heterocycles. The van der Waals surface area contributed by atoms with Crippen molar-refractivity contribution in [2.45, 2.75) is 6.54 Å². The van der Waals surface area contributed by atoms with Gasteiger partial charge in [0.25, 0.3) is 0 Å². The number of carbonyl (C=O) groups excluding carboxylic acids is 1. The van der Waals surface area contributed by atoms with Crippen LogP contribution < -0.4 is 11.1 Å². The Morgan fingerprint density at radius 3 is 2.64 bits per heavy atom. The van der Waals surface area contributed by atoms with E-state index in [4.69, 9.17) is 5.73 Å². The van der Waals surface area contributed by atoms with Gasteiger partial charge in [-0.3, -0.25) is 9.69 Å². The van der Waals surface area contributed by atoms with Crippen LogP contribution in [-0.2, 0) is 11.3 Å². The number of nitrogens with zero attached hydrogens (tertiary/aromatic N) is 2. The highest BCUT2D eigenvalue weighted by atomic mass is 79.9. The lowest BCUT2D eigenvalue weighted by Crippen LogP contribution is -2.36. The number of hydrogen-bond acceptors (Lipinski definition) is 4. The van der Waals surface area contributed by atoms with Gasteiger partial charge in [-0.15, -0.1) is 0 Å². The third-order valence-electron chi connectivity index (χ3n) is 3.06. The number of hydrogen-bond donors (Lipinski definition) is 2. The number of aromatic nitrogens is 1. The Hall–Kier alpha value is -1.76. The Kier molecular flexibility index (Phi) is 6.51. The highest BCUT2D eigenvalue weighted by Crippen LogP contribution is 2.10. The first kappa shape index (κ1) is 16.6. The van der Waals surface area contributed by atoms with E-state index in [1.54, 1.807) is 12.3 Å². The number of benzene rings is 1. The second-order valence-electron chi connectivity index (χ2n) is 4.89. The van der Waals surface area contributed by atoms with Gasteiger partial charge in [-0.25, -0.2) is 4.98 Å². The largest absolute Gasteiger partial charge is 0.329 e. The van der Waals surface area contributed by atoms with Crippen molar-refractivity contribution in [3.63, 3.8) is 0 Å². The average Bonchev–Trinajstić information content (AvgIpc) is 2.51. The first-order valence-corrected chi connectivity index (χ1v) is 7.84. The Bertz CT molecular complexity index is 589. The Labute approximate surface area is 138 Å². The van der Waals surface area contributed by atoms with Crippen LogP contribution in [0.5, 0.6) is 0 Å². The van der Waals surface area contributed by atoms with Gasteiger partial charge in [0.15, 0.2) is 0 Å². The summed E-state index contributed by atoms with van der Waals surface area (Å²) in [5.74, 6) is 0.444. The molecule has 116 valence electrons. The van der Waals surface area contributed by atoms with E-state index in [-0.39, 0.29) is 12.5 Å². The molecule has 1 aromatic carbocycles. The van der Waals surface area contributed by atoms with Crippen LogP contribution >= 0.6 is 15.9 Å². The maximum absolute atomic E-state index is 12.1. The lowest BCUT2D eigenvalue weighted by molar-refractivity contribution is -0.117. The minimum atomic E-state index is -0.0980. The van der Waals surface area contributed by atoms with Crippen LogP contribution in [0.2, 0.25) is 0 Å². The fraction of sp³-hybridized carbons (Fsp3) is 0.250. The molecule has 2 aromatic rings. The van der Waals surface area contributed by atoms with Crippen molar-refractivity contribution >= 4 is 27.7 Å². The lowest BCUT2D eigenvalue weighted by Gasteiger charge is -2.21. The second kappa shape index (κ2) is 8.63. The van der Waals surface area contributed by atoms with E-state index in [0.717, 1.165) is 10.0 Å². The number of halogens is 1. The zero-order valence-corrected chi connectivity index (χ0v) is 13.8. The third kappa shape index (κ3) is 5.55. The maximum Gasteiger partial charge on any atom is 0.239 e. The number of pyridine rings is 1. The lowest BCUT2D eigenvalue weighted by atomic mass is 10.2. The minimum absolute atomic E-state index is 0.0980. The molecule has 0 bridgehead atoms. The second-order valence-corrected chi connectivity index (χ2v) is 5.81. The van der Waals surface area contributed by atoms with E-state index in [0.29, 0.717) is 25.5 Å². The summed E-state index contributed by atoms with van der Waals surface area (Å²) in [4.78, 5) is 18.3. The molecule has 22 heavy (non-hydrogen) atoms. The Balaban J connectivity index is 1.92. The average molecular weight is 363 g/mol. The summed E-state index contributed by atoms with van der Waals surface area (Å²) in [7, 11) is 0. The summed E-state index contributed by atoms with van der Waals surface area (Å²) in [6.07, 6.45) is 1.65. The van der Waals surface area contributed by atoms with Crippen LogP contribution in [0, 0.1) is 0 Å². The quantitative estimate of drug-likeness (QED) is 0.792. The molecular formula is C16H19BrN4O. The number of nitrogens with one attached hydrogen (secondary N) is 1. The van der Waals surface area contributed by atoms with Crippen molar-refractivity contribution in [2.24, 2.45) is 5.73 Å². The zero-order chi connectivity index (χ0) is 15.8. The van der Waals surface area contributed by atoms with E-state index >= 15 is 0 Å². The molecule has 0 aliphatic carbocycles. The predicted molar refractivity (Wildman–Crippen MR) is 91.3 cm³/mol. The fourth-order valence-corrected chi connectivity index (χ4v) is 2.31. The highest BCUT2D eigenvalue weighted by Gasteiger charge is 2.11. The van der Waals surface area contributed by atoms with Crippen LogP contribution in [0.4, 0.5) is 5.82 Å². The van der Waals surface area contributed by atoms with Crippen LogP contribution in [0.25, 0.3) is 0 Å². The summed E-state index contributed by atoms with van der Waals surface area (Å²) in [6, 6.07) is 13.6. The summed E-state index contributed by atoms with van der Waals surface area (Å²) in [5, 5.41) is 2.79. The van der Waals surface area contributed by atoms with Crippen LogP contribution in [0.1, 0.15) is 5.56 Å². The Morgan fingerprint density at radius 1 is 1.23 bits per heavy atom. The molecule has 0 saturated carbocycles. The number of nitrogens with two attached hydrogens (primary N) is 1. The van der Waals surface area contributed by atoms with Crippen LogP contribution in [0.15, 0.2) is 53.1 Å². The monoisotopic (exact) mass is 362 g/mol.